The Hall–Kier alpha value is -2.52. The van der Waals surface area contributed by atoms with Crippen LogP contribution in [0.4, 0.5) is 0 Å². The summed E-state index contributed by atoms with van der Waals surface area (Å²) in [5, 5.41) is 5.07. The molecule has 6 nitrogen and oxygen atoms in total. The molecule has 0 saturated heterocycles. The van der Waals surface area contributed by atoms with Crippen molar-refractivity contribution in [2.75, 3.05) is 0 Å². The quantitative estimate of drug-likeness (QED) is 0.617. The third kappa shape index (κ3) is 5.05. The maximum Gasteiger partial charge on any atom is 0.241 e. The molecule has 3 rings (SSSR count). The van der Waals surface area contributed by atoms with Crippen molar-refractivity contribution >= 4 is 20.0 Å². The summed E-state index contributed by atoms with van der Waals surface area (Å²) in [6.07, 6.45) is 0.472. The maximum absolute atomic E-state index is 12.9. The lowest BCUT2D eigenvalue weighted by molar-refractivity contribution is 0.554. The number of sulfonamides is 2. The first-order valence-corrected chi connectivity index (χ1v) is 11.5. The molecule has 3 aromatic rings. The van der Waals surface area contributed by atoms with Crippen LogP contribution in [0.3, 0.4) is 0 Å². The normalized spacial score (nSPS) is 13.2. The van der Waals surface area contributed by atoms with Crippen molar-refractivity contribution in [2.24, 2.45) is 5.14 Å². The number of hydrogen-bond acceptors (Lipinski definition) is 4. The average Bonchev–Trinajstić information content (AvgIpc) is 2.68. The monoisotopic (exact) mass is 416 g/mol. The van der Waals surface area contributed by atoms with E-state index in [1.165, 1.54) is 24.3 Å². The molecule has 0 heterocycles. The summed E-state index contributed by atoms with van der Waals surface area (Å²) >= 11 is 0. The largest absolute Gasteiger partial charge is 0.241 e. The minimum Gasteiger partial charge on any atom is -0.225 e. The average molecular weight is 417 g/mol. The third-order valence-corrected chi connectivity index (χ3v) is 6.66. The van der Waals surface area contributed by atoms with Crippen molar-refractivity contribution in [1.29, 1.82) is 0 Å². The van der Waals surface area contributed by atoms with E-state index in [-0.39, 0.29) is 9.79 Å². The molecule has 3 aromatic carbocycles. The fourth-order valence-corrected chi connectivity index (χ4v) is 4.57. The van der Waals surface area contributed by atoms with Crippen LogP contribution in [-0.2, 0) is 26.5 Å². The predicted octanol–water partition coefficient (Wildman–Crippen LogP) is 2.60. The maximum atomic E-state index is 12.9. The van der Waals surface area contributed by atoms with Crippen LogP contribution in [0.1, 0.15) is 17.2 Å². The van der Waals surface area contributed by atoms with Crippen molar-refractivity contribution in [3.8, 4) is 0 Å². The molecule has 0 aliphatic carbocycles. The van der Waals surface area contributed by atoms with Gasteiger partial charge in [-0.05, 0) is 41.8 Å². The first kappa shape index (κ1) is 20.2. The Morgan fingerprint density at radius 3 is 1.75 bits per heavy atom. The van der Waals surface area contributed by atoms with E-state index in [1.807, 2.05) is 60.7 Å². The topological polar surface area (TPSA) is 106 Å². The van der Waals surface area contributed by atoms with Crippen LogP contribution in [0, 0.1) is 0 Å². The van der Waals surface area contributed by atoms with E-state index < -0.39 is 26.1 Å². The molecular formula is C20H20N2O4S2. The molecule has 0 spiro atoms. The van der Waals surface area contributed by atoms with Crippen molar-refractivity contribution in [1.82, 2.24) is 4.72 Å². The standard InChI is InChI=1S/C20H20N2O4S2/c21-27(23,24)18-11-13-19(14-12-18)28(25,26)22-20(17-9-5-2-6-10-17)15-16-7-3-1-4-8-16/h1-14,20,22H,15H2,(H2,21,23,24)/t20-/m1/s1. The zero-order valence-electron chi connectivity index (χ0n) is 14.9. The molecule has 0 aliphatic rings. The molecule has 28 heavy (non-hydrogen) atoms. The Labute approximate surface area is 165 Å². The number of hydrogen-bond donors (Lipinski definition) is 2. The van der Waals surface area contributed by atoms with Crippen molar-refractivity contribution in [3.05, 3.63) is 96.1 Å². The van der Waals surface area contributed by atoms with E-state index in [0.29, 0.717) is 6.42 Å². The fraction of sp³-hybridized carbons (Fsp3) is 0.100. The highest BCUT2D eigenvalue weighted by atomic mass is 32.2. The van der Waals surface area contributed by atoms with Crippen LogP contribution in [0.2, 0.25) is 0 Å². The Balaban J connectivity index is 1.90. The molecule has 1 atom stereocenters. The Bertz CT molecular complexity index is 1130. The second-order valence-corrected chi connectivity index (χ2v) is 9.57. The third-order valence-electron chi connectivity index (χ3n) is 4.24. The van der Waals surface area contributed by atoms with Crippen LogP contribution in [-0.4, -0.2) is 16.8 Å². The molecule has 0 fully saturated rings. The van der Waals surface area contributed by atoms with Gasteiger partial charge in [-0.1, -0.05) is 60.7 Å². The van der Waals surface area contributed by atoms with Gasteiger partial charge >= 0.3 is 0 Å². The van der Waals surface area contributed by atoms with Crippen LogP contribution in [0.5, 0.6) is 0 Å². The lowest BCUT2D eigenvalue weighted by Gasteiger charge is -2.19. The van der Waals surface area contributed by atoms with Crippen LogP contribution in [0.25, 0.3) is 0 Å². The fourth-order valence-electron chi connectivity index (χ4n) is 2.83. The van der Waals surface area contributed by atoms with Crippen LogP contribution < -0.4 is 9.86 Å². The zero-order valence-corrected chi connectivity index (χ0v) is 16.5. The molecule has 0 saturated carbocycles. The van der Waals surface area contributed by atoms with Gasteiger partial charge in [-0.15, -0.1) is 0 Å². The van der Waals surface area contributed by atoms with Gasteiger partial charge in [0.1, 0.15) is 0 Å². The van der Waals surface area contributed by atoms with Gasteiger partial charge < -0.3 is 0 Å². The minimum atomic E-state index is -3.89. The highest BCUT2D eigenvalue weighted by Gasteiger charge is 2.22. The van der Waals surface area contributed by atoms with Gasteiger partial charge in [-0.2, -0.15) is 0 Å². The molecule has 0 aromatic heterocycles. The van der Waals surface area contributed by atoms with Gasteiger partial charge in [0, 0.05) is 0 Å². The summed E-state index contributed by atoms with van der Waals surface area (Å²) < 4.78 is 51.2. The summed E-state index contributed by atoms with van der Waals surface area (Å²) in [6.45, 7) is 0. The van der Waals surface area contributed by atoms with Gasteiger partial charge in [0.05, 0.1) is 15.8 Å². The van der Waals surface area contributed by atoms with Crippen LogP contribution in [0.15, 0.2) is 94.7 Å². The Morgan fingerprint density at radius 2 is 1.21 bits per heavy atom. The van der Waals surface area contributed by atoms with E-state index in [9.17, 15) is 16.8 Å². The number of rotatable bonds is 7. The second-order valence-electron chi connectivity index (χ2n) is 6.29. The Morgan fingerprint density at radius 1 is 0.714 bits per heavy atom. The number of primary sulfonamides is 1. The van der Waals surface area contributed by atoms with Crippen LogP contribution >= 0.6 is 0 Å². The van der Waals surface area contributed by atoms with Gasteiger partial charge in [0.15, 0.2) is 0 Å². The van der Waals surface area contributed by atoms with E-state index in [1.54, 1.807) is 0 Å². The van der Waals surface area contributed by atoms with E-state index in [2.05, 4.69) is 4.72 Å². The molecule has 0 radical (unpaired) electrons. The predicted molar refractivity (Wildman–Crippen MR) is 107 cm³/mol. The second kappa shape index (κ2) is 8.24. The molecule has 0 aliphatic heterocycles. The van der Waals surface area contributed by atoms with Gasteiger partial charge in [0.2, 0.25) is 20.0 Å². The summed E-state index contributed by atoms with van der Waals surface area (Å²) in [7, 11) is -7.76. The molecule has 146 valence electrons. The lowest BCUT2D eigenvalue weighted by atomic mass is 10.00. The number of benzene rings is 3. The number of nitrogens with two attached hydrogens (primary N) is 1. The molecule has 3 N–H and O–H groups in total. The summed E-state index contributed by atoms with van der Waals surface area (Å²) in [6, 6.07) is 23.2. The SMILES string of the molecule is NS(=O)(=O)c1ccc(S(=O)(=O)N[C@H](Cc2ccccc2)c2ccccc2)cc1. The smallest absolute Gasteiger partial charge is 0.225 e. The Kier molecular flexibility index (Phi) is 5.95. The van der Waals surface area contributed by atoms with E-state index in [4.69, 9.17) is 5.14 Å². The highest BCUT2D eigenvalue weighted by molar-refractivity contribution is 7.89. The zero-order chi connectivity index (χ0) is 20.2. The molecule has 0 bridgehead atoms. The molecular weight excluding hydrogens is 396 g/mol. The first-order chi connectivity index (χ1) is 13.3. The number of nitrogens with one attached hydrogen (secondary N) is 1. The molecule has 0 amide bonds. The highest BCUT2D eigenvalue weighted by Crippen LogP contribution is 2.22. The summed E-state index contributed by atoms with van der Waals surface area (Å²) in [4.78, 5) is -0.177. The minimum absolute atomic E-state index is 0.0334. The first-order valence-electron chi connectivity index (χ1n) is 8.50. The molecule has 8 heteroatoms. The van der Waals surface area contributed by atoms with Gasteiger partial charge in [-0.3, -0.25) is 0 Å². The lowest BCUT2D eigenvalue weighted by Crippen LogP contribution is -2.30. The van der Waals surface area contributed by atoms with Gasteiger partial charge in [-0.25, -0.2) is 26.7 Å². The van der Waals surface area contributed by atoms with E-state index in [0.717, 1.165) is 11.1 Å². The summed E-state index contributed by atoms with van der Waals surface area (Å²) in [5.41, 5.74) is 1.82. The molecule has 0 unspecified atom stereocenters. The van der Waals surface area contributed by atoms with Crippen molar-refractivity contribution in [2.45, 2.75) is 22.3 Å². The van der Waals surface area contributed by atoms with Crippen molar-refractivity contribution in [3.63, 3.8) is 0 Å². The van der Waals surface area contributed by atoms with Gasteiger partial charge in [0.25, 0.3) is 0 Å². The van der Waals surface area contributed by atoms with Crippen molar-refractivity contribution < 1.29 is 16.8 Å². The van der Waals surface area contributed by atoms with E-state index >= 15 is 0 Å². The summed E-state index contributed by atoms with van der Waals surface area (Å²) in [5.74, 6) is 0.